The van der Waals surface area contributed by atoms with Crippen LogP contribution in [0.3, 0.4) is 0 Å². The molecule has 7 rings (SSSR count). The van der Waals surface area contributed by atoms with Crippen LogP contribution in [0.4, 0.5) is 11.4 Å². The van der Waals surface area contributed by atoms with Gasteiger partial charge in [-0.15, -0.1) is 0 Å². The summed E-state index contributed by atoms with van der Waals surface area (Å²) in [5.41, 5.74) is 11.8. The third-order valence-corrected chi connectivity index (χ3v) is 8.93. The van der Waals surface area contributed by atoms with E-state index >= 15 is 0 Å². The van der Waals surface area contributed by atoms with Gasteiger partial charge < -0.3 is 29.7 Å². The second kappa shape index (κ2) is 10.2. The number of pyridine rings is 2. The third kappa shape index (κ3) is 4.64. The summed E-state index contributed by atoms with van der Waals surface area (Å²) in [7, 11) is 7.66. The minimum atomic E-state index is -0.348. The summed E-state index contributed by atoms with van der Waals surface area (Å²) in [6.45, 7) is 8.14. The largest absolute Gasteiger partial charge is 0.378 e. The molecule has 3 saturated heterocycles. The molecule has 0 unspecified atom stereocenters. The molecule has 3 fully saturated rings. The number of hydrogen-bond donors (Lipinski definition) is 1. The lowest BCUT2D eigenvalue weighted by Gasteiger charge is -2.49. The molecule has 10 nitrogen and oxygen atoms in total. The minimum absolute atomic E-state index is 0.00258. The van der Waals surface area contributed by atoms with Crippen molar-refractivity contribution in [1.82, 2.24) is 14.9 Å². The molecule has 0 amide bonds. The summed E-state index contributed by atoms with van der Waals surface area (Å²) in [5.74, 6) is 0. The molecule has 3 aromatic rings. The van der Waals surface area contributed by atoms with Gasteiger partial charge in [0.1, 0.15) is 19.5 Å². The van der Waals surface area contributed by atoms with Crippen molar-refractivity contribution in [1.29, 1.82) is 5.26 Å². The van der Waals surface area contributed by atoms with Crippen molar-refractivity contribution in [2.75, 3.05) is 62.7 Å². The van der Waals surface area contributed by atoms with E-state index in [0.717, 1.165) is 73.8 Å². The van der Waals surface area contributed by atoms with E-state index < -0.39 is 0 Å². The van der Waals surface area contributed by atoms with Crippen molar-refractivity contribution in [3.63, 3.8) is 0 Å². The first-order valence-electron chi connectivity index (χ1n) is 14.2. The molecule has 4 aliphatic rings. The number of nitriles is 1. The Hall–Kier alpha value is -3.27. The van der Waals surface area contributed by atoms with Crippen LogP contribution in [0, 0.1) is 11.3 Å². The van der Waals surface area contributed by atoms with E-state index in [1.54, 1.807) is 13.2 Å². The zero-order chi connectivity index (χ0) is 28.3. The van der Waals surface area contributed by atoms with Gasteiger partial charge in [0.15, 0.2) is 0 Å². The van der Waals surface area contributed by atoms with Crippen molar-refractivity contribution < 1.29 is 14.2 Å². The second-order valence-electron chi connectivity index (χ2n) is 11.8. The van der Waals surface area contributed by atoms with Crippen molar-refractivity contribution >= 4 is 35.7 Å². The molecule has 1 aromatic carbocycles. The Bertz CT molecular complexity index is 1520. The molecular weight excluding hydrogens is 517 g/mol. The molecule has 4 atom stereocenters. The van der Waals surface area contributed by atoms with Crippen molar-refractivity contribution in [3.05, 3.63) is 53.3 Å². The number of nitrogens with zero attached hydrogens (tertiary/aromatic N) is 6. The Morgan fingerprint density at radius 1 is 1.17 bits per heavy atom. The predicted molar refractivity (Wildman–Crippen MR) is 157 cm³/mol. The van der Waals surface area contributed by atoms with E-state index in [4.69, 9.17) is 32.8 Å². The summed E-state index contributed by atoms with van der Waals surface area (Å²) >= 11 is 0. The van der Waals surface area contributed by atoms with Crippen LogP contribution >= 0.6 is 0 Å². The monoisotopic (exact) mass is 551 g/mol. The summed E-state index contributed by atoms with van der Waals surface area (Å²) in [6.07, 6.45) is 2.10. The maximum Gasteiger partial charge on any atom is 0.141 e. The Kier molecular flexibility index (Phi) is 6.64. The van der Waals surface area contributed by atoms with Gasteiger partial charge in [-0.1, -0.05) is 6.07 Å². The highest BCUT2D eigenvalue weighted by Gasteiger charge is 2.52. The van der Waals surface area contributed by atoms with Crippen LogP contribution < -0.4 is 21.1 Å². The number of nitrogens with two attached hydrogens (primary N) is 1. The standard InChI is InChI=1S/C30H34BN7O3/c1-18-10-38(25-5-3-19(8-32)28-23(25)4-6-27(31)35-28)12-22(41-18)11-36-16-30(17-36)29-20(15-40-30)7-21(9-34-29)37-13-24(33)26(14-37)39-2/h3-7,9,18,22,24,26H,10-17,33H2,1-2H3/t18-,22+,24-,26-/m1/s1. The Morgan fingerprint density at radius 3 is 2.80 bits per heavy atom. The van der Waals surface area contributed by atoms with Crippen molar-refractivity contribution in [2.45, 2.75) is 43.5 Å². The molecule has 0 bridgehead atoms. The normalized spacial score (nSPS) is 27.3. The van der Waals surface area contributed by atoms with Crippen LogP contribution in [-0.4, -0.2) is 100.0 Å². The number of rotatable bonds is 5. The van der Waals surface area contributed by atoms with Gasteiger partial charge in [0, 0.05) is 69.6 Å². The SMILES string of the molecule is [B]c1ccc2c(N3C[C@H](CN4CC5(C4)OCc4cc(N6C[C@@H](N)[C@H](OC)C6)cnc45)O[C@H](C)C3)ccc(C#N)c2n1. The van der Waals surface area contributed by atoms with E-state index in [-0.39, 0.29) is 30.0 Å². The highest BCUT2D eigenvalue weighted by Crippen LogP contribution is 2.43. The molecule has 11 heteroatoms. The van der Waals surface area contributed by atoms with Gasteiger partial charge in [-0.2, -0.15) is 5.26 Å². The fourth-order valence-corrected chi connectivity index (χ4v) is 6.99. The lowest BCUT2D eigenvalue weighted by molar-refractivity contribution is -0.157. The average molecular weight is 551 g/mol. The molecule has 1 spiro atoms. The average Bonchev–Trinajstić information content (AvgIpc) is 3.52. The molecule has 0 saturated carbocycles. The van der Waals surface area contributed by atoms with E-state index in [2.05, 4.69) is 38.7 Å². The maximum atomic E-state index is 9.59. The fourth-order valence-electron chi connectivity index (χ4n) is 6.99. The molecular formula is C30H34BN7O3. The summed E-state index contributed by atoms with van der Waals surface area (Å²) in [6, 6.07) is 12.1. The quantitative estimate of drug-likeness (QED) is 0.457. The number of aromatic nitrogens is 2. The number of morpholine rings is 1. The third-order valence-electron chi connectivity index (χ3n) is 8.93. The summed E-state index contributed by atoms with van der Waals surface area (Å²) in [5, 5.41) is 10.5. The second-order valence-corrected chi connectivity index (χ2v) is 11.8. The molecule has 2 N–H and O–H groups in total. The molecule has 210 valence electrons. The van der Waals surface area contributed by atoms with Gasteiger partial charge in [-0.25, -0.2) is 0 Å². The number of likely N-dealkylation sites (tertiary alicyclic amines) is 1. The molecule has 6 heterocycles. The van der Waals surface area contributed by atoms with Crippen molar-refractivity contribution in [3.8, 4) is 6.07 Å². The van der Waals surface area contributed by atoms with E-state index in [9.17, 15) is 5.26 Å². The predicted octanol–water partition coefficient (Wildman–Crippen LogP) is 0.793. The number of benzene rings is 1. The first-order valence-corrected chi connectivity index (χ1v) is 14.2. The number of hydrogen-bond acceptors (Lipinski definition) is 10. The van der Waals surface area contributed by atoms with Crippen LogP contribution in [0.2, 0.25) is 0 Å². The van der Waals surface area contributed by atoms with E-state index in [1.807, 2.05) is 24.4 Å². The Labute approximate surface area is 241 Å². The van der Waals surface area contributed by atoms with Crippen LogP contribution in [0.5, 0.6) is 0 Å². The van der Waals surface area contributed by atoms with Crippen LogP contribution in [0.15, 0.2) is 36.5 Å². The van der Waals surface area contributed by atoms with E-state index in [1.165, 1.54) is 0 Å². The molecule has 2 radical (unpaired) electrons. The van der Waals surface area contributed by atoms with Gasteiger partial charge in [0.2, 0.25) is 0 Å². The van der Waals surface area contributed by atoms with Gasteiger partial charge in [0.05, 0.1) is 59.6 Å². The Morgan fingerprint density at radius 2 is 2.02 bits per heavy atom. The molecule has 0 aliphatic carbocycles. The number of ether oxygens (including phenoxy) is 3. The van der Waals surface area contributed by atoms with Crippen LogP contribution in [0.25, 0.3) is 10.9 Å². The lowest BCUT2D eigenvalue weighted by Crippen LogP contribution is -2.62. The Balaban J connectivity index is 1.03. The highest BCUT2D eigenvalue weighted by molar-refractivity contribution is 6.31. The van der Waals surface area contributed by atoms with Crippen molar-refractivity contribution in [2.24, 2.45) is 5.73 Å². The first kappa shape index (κ1) is 26.6. The topological polar surface area (TPSA) is 113 Å². The highest BCUT2D eigenvalue weighted by atomic mass is 16.5. The summed E-state index contributed by atoms with van der Waals surface area (Å²) in [4.78, 5) is 16.4. The lowest BCUT2D eigenvalue weighted by atomic mass is 9.88. The number of fused-ring (bicyclic) bond motifs is 3. The van der Waals surface area contributed by atoms with Gasteiger partial charge in [-0.05, 0) is 36.8 Å². The van der Waals surface area contributed by atoms with Crippen LogP contribution in [-0.2, 0) is 26.4 Å². The van der Waals surface area contributed by atoms with Gasteiger partial charge >= 0.3 is 0 Å². The zero-order valence-electron chi connectivity index (χ0n) is 23.5. The summed E-state index contributed by atoms with van der Waals surface area (Å²) < 4.78 is 18.3. The fraction of sp³-hybridized carbons (Fsp3) is 0.500. The smallest absolute Gasteiger partial charge is 0.141 e. The molecule has 4 aliphatic heterocycles. The minimum Gasteiger partial charge on any atom is -0.378 e. The van der Waals surface area contributed by atoms with Crippen LogP contribution in [0.1, 0.15) is 23.7 Å². The number of methoxy groups -OCH3 is 1. The van der Waals surface area contributed by atoms with E-state index in [0.29, 0.717) is 23.3 Å². The number of anilines is 2. The van der Waals surface area contributed by atoms with Gasteiger partial charge in [0.25, 0.3) is 0 Å². The molecule has 41 heavy (non-hydrogen) atoms. The zero-order valence-corrected chi connectivity index (χ0v) is 23.5. The maximum absolute atomic E-state index is 9.59. The first-order chi connectivity index (χ1) is 19.9. The molecule has 2 aromatic heterocycles. The van der Waals surface area contributed by atoms with Gasteiger partial charge in [-0.3, -0.25) is 14.9 Å².